The van der Waals surface area contributed by atoms with E-state index in [-0.39, 0.29) is 17.2 Å². The van der Waals surface area contributed by atoms with Gasteiger partial charge in [0.2, 0.25) is 0 Å². The zero-order valence-electron chi connectivity index (χ0n) is 15.1. The van der Waals surface area contributed by atoms with Crippen LogP contribution in [0.2, 0.25) is 0 Å². The Hall–Kier alpha value is -3.76. The third-order valence-electron chi connectivity index (χ3n) is 3.46. The summed E-state index contributed by atoms with van der Waals surface area (Å²) in [6.07, 6.45) is -3.27. The van der Waals surface area contributed by atoms with E-state index in [1.807, 2.05) is 0 Å². The van der Waals surface area contributed by atoms with E-state index in [1.165, 1.54) is 31.5 Å². The highest BCUT2D eigenvalue weighted by molar-refractivity contribution is 5.92. The first-order valence-electron chi connectivity index (χ1n) is 8.10. The van der Waals surface area contributed by atoms with Crippen LogP contribution in [0.25, 0.3) is 0 Å². The summed E-state index contributed by atoms with van der Waals surface area (Å²) in [6.45, 7) is -0.462. The highest BCUT2D eigenvalue weighted by Gasteiger charge is 2.30. The van der Waals surface area contributed by atoms with Crippen LogP contribution in [0.15, 0.2) is 47.6 Å². The van der Waals surface area contributed by atoms with Crippen LogP contribution in [0.1, 0.15) is 11.1 Å². The molecule has 0 aliphatic rings. The molecule has 154 valence electrons. The van der Waals surface area contributed by atoms with Crippen LogP contribution < -0.4 is 20.8 Å². The molecule has 2 rings (SSSR count). The maximum Gasteiger partial charge on any atom is 0.416 e. The lowest BCUT2D eigenvalue weighted by atomic mass is 10.2. The fraction of sp³-hybridized carbons (Fsp3) is 0.167. The number of nitrogens with zero attached hydrogens (tertiary/aromatic N) is 1. The van der Waals surface area contributed by atoms with Gasteiger partial charge in [0.05, 0.1) is 18.9 Å². The van der Waals surface area contributed by atoms with Gasteiger partial charge in [0.15, 0.2) is 11.5 Å². The number of aromatic hydroxyl groups is 1. The number of carbonyl (C=O) groups excluding carboxylic acids is 2. The van der Waals surface area contributed by atoms with Gasteiger partial charge in [-0.15, -0.1) is 0 Å². The molecule has 0 fully saturated rings. The Bertz CT molecular complexity index is 916. The maximum absolute atomic E-state index is 12.6. The predicted octanol–water partition coefficient (Wildman–Crippen LogP) is 2.69. The van der Waals surface area contributed by atoms with E-state index in [0.29, 0.717) is 5.56 Å². The number of phenolic OH excluding ortho intramolecular Hbond substituents is 1. The number of carbonyl (C=O) groups is 2. The second-order valence-electron chi connectivity index (χ2n) is 5.61. The van der Waals surface area contributed by atoms with Crippen molar-refractivity contribution < 1.29 is 32.6 Å². The molecule has 0 spiro atoms. The van der Waals surface area contributed by atoms with E-state index in [9.17, 15) is 27.9 Å². The normalized spacial score (nSPS) is 11.2. The van der Waals surface area contributed by atoms with Gasteiger partial charge in [-0.05, 0) is 42.0 Å². The Morgan fingerprint density at radius 3 is 2.62 bits per heavy atom. The largest absolute Gasteiger partial charge is 0.504 e. The summed E-state index contributed by atoms with van der Waals surface area (Å²) in [7, 11) is 1.40. The average molecular weight is 410 g/mol. The first kappa shape index (κ1) is 21.5. The highest BCUT2D eigenvalue weighted by Crippen LogP contribution is 2.30. The number of ether oxygens (including phenoxy) is 1. The average Bonchev–Trinajstić information content (AvgIpc) is 2.66. The highest BCUT2D eigenvalue weighted by atomic mass is 19.4. The van der Waals surface area contributed by atoms with Crippen molar-refractivity contribution in [1.82, 2.24) is 10.7 Å². The first-order chi connectivity index (χ1) is 13.7. The molecule has 8 nitrogen and oxygen atoms in total. The van der Waals surface area contributed by atoms with Crippen molar-refractivity contribution in [2.75, 3.05) is 19.0 Å². The number of benzene rings is 2. The van der Waals surface area contributed by atoms with Crippen molar-refractivity contribution >= 4 is 23.8 Å². The summed E-state index contributed by atoms with van der Waals surface area (Å²) < 4.78 is 42.8. The molecular formula is C18H17F3N4O4. The Morgan fingerprint density at radius 1 is 1.21 bits per heavy atom. The molecule has 0 saturated heterocycles. The standard InChI is InChI=1S/C18H17F3N4O4/c1-29-15-6-5-11(7-14(15)26)9-23-25-16(27)10-22-17(28)24-13-4-2-3-12(8-13)18(19,20)21/h2-9,26H,10H2,1H3,(H,25,27)(H2,22,24,28). The molecular weight excluding hydrogens is 393 g/mol. The Kier molecular flexibility index (Phi) is 7.01. The molecule has 0 aliphatic carbocycles. The molecule has 0 unspecified atom stereocenters. The Morgan fingerprint density at radius 2 is 1.97 bits per heavy atom. The SMILES string of the molecule is COc1ccc(C=NNC(=O)CNC(=O)Nc2cccc(C(F)(F)F)c2)cc1O. The minimum atomic E-state index is -4.53. The molecule has 4 N–H and O–H groups in total. The number of hydrogen-bond donors (Lipinski definition) is 4. The van der Waals surface area contributed by atoms with Gasteiger partial charge in [-0.25, -0.2) is 10.2 Å². The van der Waals surface area contributed by atoms with Crippen molar-refractivity contribution in [3.63, 3.8) is 0 Å². The Labute approximate surface area is 163 Å². The van der Waals surface area contributed by atoms with Gasteiger partial charge in [-0.3, -0.25) is 4.79 Å². The molecule has 0 aliphatic heterocycles. The van der Waals surface area contributed by atoms with Crippen LogP contribution >= 0.6 is 0 Å². The molecule has 29 heavy (non-hydrogen) atoms. The van der Waals surface area contributed by atoms with Gasteiger partial charge in [0.25, 0.3) is 5.91 Å². The second-order valence-corrected chi connectivity index (χ2v) is 5.61. The number of anilines is 1. The maximum atomic E-state index is 12.6. The van der Waals surface area contributed by atoms with Crippen molar-refractivity contribution in [2.45, 2.75) is 6.18 Å². The number of alkyl halides is 3. The quantitative estimate of drug-likeness (QED) is 0.433. The fourth-order valence-electron chi connectivity index (χ4n) is 2.11. The second kappa shape index (κ2) is 9.44. The third kappa shape index (κ3) is 6.72. The molecule has 2 aromatic carbocycles. The monoisotopic (exact) mass is 410 g/mol. The minimum absolute atomic E-state index is 0.0740. The number of phenols is 1. The molecule has 3 amide bonds. The summed E-state index contributed by atoms with van der Waals surface area (Å²) in [6, 6.07) is 7.69. The number of hydrogen-bond acceptors (Lipinski definition) is 5. The molecule has 0 heterocycles. The summed E-state index contributed by atoms with van der Waals surface area (Å²) in [5.74, 6) is -0.490. The fourth-order valence-corrected chi connectivity index (χ4v) is 2.11. The van der Waals surface area contributed by atoms with Crippen LogP contribution in [0, 0.1) is 0 Å². The van der Waals surface area contributed by atoms with E-state index >= 15 is 0 Å². The summed E-state index contributed by atoms with van der Waals surface area (Å²) >= 11 is 0. The van der Waals surface area contributed by atoms with Crippen LogP contribution in [0.4, 0.5) is 23.7 Å². The summed E-state index contributed by atoms with van der Waals surface area (Å²) in [4.78, 5) is 23.4. The molecule has 11 heteroatoms. The molecule has 0 radical (unpaired) electrons. The van der Waals surface area contributed by atoms with E-state index < -0.39 is 30.2 Å². The van der Waals surface area contributed by atoms with Crippen LogP contribution in [-0.2, 0) is 11.0 Å². The number of hydrazone groups is 1. The van der Waals surface area contributed by atoms with Crippen molar-refractivity contribution in [3.8, 4) is 11.5 Å². The van der Waals surface area contributed by atoms with Crippen LogP contribution in [0.3, 0.4) is 0 Å². The summed E-state index contributed by atoms with van der Waals surface area (Å²) in [5.41, 5.74) is 1.65. The van der Waals surface area contributed by atoms with Crippen molar-refractivity contribution in [2.24, 2.45) is 5.10 Å². The van der Waals surface area contributed by atoms with E-state index in [2.05, 4.69) is 21.2 Å². The van der Waals surface area contributed by atoms with E-state index in [4.69, 9.17) is 4.74 Å². The minimum Gasteiger partial charge on any atom is -0.504 e. The van der Waals surface area contributed by atoms with Gasteiger partial charge in [0.1, 0.15) is 6.54 Å². The van der Waals surface area contributed by atoms with Gasteiger partial charge in [-0.1, -0.05) is 6.07 Å². The lowest BCUT2D eigenvalue weighted by Crippen LogP contribution is -2.37. The smallest absolute Gasteiger partial charge is 0.416 e. The number of rotatable bonds is 6. The van der Waals surface area contributed by atoms with Crippen molar-refractivity contribution in [3.05, 3.63) is 53.6 Å². The van der Waals surface area contributed by atoms with Crippen LogP contribution in [-0.4, -0.2) is 36.9 Å². The number of nitrogens with one attached hydrogen (secondary N) is 3. The van der Waals surface area contributed by atoms with Crippen molar-refractivity contribution in [1.29, 1.82) is 0 Å². The first-order valence-corrected chi connectivity index (χ1v) is 8.10. The molecule has 0 atom stereocenters. The van der Waals surface area contributed by atoms with Crippen LogP contribution in [0.5, 0.6) is 11.5 Å². The van der Waals surface area contributed by atoms with E-state index in [1.54, 1.807) is 6.07 Å². The lowest BCUT2D eigenvalue weighted by molar-refractivity contribution is -0.137. The number of methoxy groups -OCH3 is 1. The zero-order chi connectivity index (χ0) is 21.4. The van der Waals surface area contributed by atoms with E-state index in [0.717, 1.165) is 18.2 Å². The Balaban J connectivity index is 1.80. The van der Waals surface area contributed by atoms with Gasteiger partial charge < -0.3 is 20.5 Å². The topological polar surface area (TPSA) is 112 Å². The molecule has 0 aromatic heterocycles. The van der Waals surface area contributed by atoms with Gasteiger partial charge in [-0.2, -0.15) is 18.3 Å². The number of halogens is 3. The molecule has 0 bridgehead atoms. The predicted molar refractivity (Wildman–Crippen MR) is 98.9 cm³/mol. The van der Waals surface area contributed by atoms with Gasteiger partial charge in [0, 0.05) is 5.69 Å². The third-order valence-corrected chi connectivity index (χ3v) is 3.46. The molecule has 2 aromatic rings. The number of urea groups is 1. The lowest BCUT2D eigenvalue weighted by Gasteiger charge is -2.10. The molecule has 0 saturated carbocycles. The zero-order valence-corrected chi connectivity index (χ0v) is 15.1. The van der Waals surface area contributed by atoms with Gasteiger partial charge >= 0.3 is 12.2 Å². The summed E-state index contributed by atoms with van der Waals surface area (Å²) in [5, 5.41) is 17.7. The number of amides is 3.